The first-order valence-electron chi connectivity index (χ1n) is 5.96. The van der Waals surface area contributed by atoms with Gasteiger partial charge in [-0.25, -0.2) is 0 Å². The zero-order valence-electron chi connectivity index (χ0n) is 10.4. The van der Waals surface area contributed by atoms with Crippen molar-refractivity contribution in [2.75, 3.05) is 5.32 Å². The van der Waals surface area contributed by atoms with Gasteiger partial charge in [0, 0.05) is 17.7 Å². The largest absolute Gasteiger partial charge is 0.481 e. The molecule has 8 heteroatoms. The Kier molecular flexibility index (Phi) is 4.06. The number of carbonyl (C=O) groups is 1. The van der Waals surface area contributed by atoms with Crippen molar-refractivity contribution in [3.8, 4) is 0 Å². The van der Waals surface area contributed by atoms with Gasteiger partial charge in [-0.3, -0.25) is 14.9 Å². The molecule has 2 N–H and O–H groups in total. The standard InChI is InChI=1S/C12H12Cl2N2O4/c13-8-4-7(16(19)20)5-9(14)11(8)15-12(2-1-3-12)6-10(17)18/h4-5,15H,1-3,6H2,(H,17,18). The molecule has 0 spiro atoms. The van der Waals surface area contributed by atoms with Crippen LogP contribution in [-0.2, 0) is 4.79 Å². The Morgan fingerprint density at radius 2 is 1.95 bits per heavy atom. The van der Waals surface area contributed by atoms with Crippen LogP contribution in [0, 0.1) is 10.1 Å². The van der Waals surface area contributed by atoms with Gasteiger partial charge in [0.1, 0.15) is 0 Å². The molecule has 0 unspecified atom stereocenters. The highest BCUT2D eigenvalue weighted by Crippen LogP contribution is 2.43. The number of non-ortho nitro benzene ring substituents is 1. The van der Waals surface area contributed by atoms with Crippen LogP contribution in [-0.4, -0.2) is 21.5 Å². The third-order valence-electron chi connectivity index (χ3n) is 3.43. The van der Waals surface area contributed by atoms with Crippen LogP contribution < -0.4 is 5.32 Å². The molecule has 1 fully saturated rings. The molecule has 0 aliphatic heterocycles. The lowest BCUT2D eigenvalue weighted by molar-refractivity contribution is -0.384. The summed E-state index contributed by atoms with van der Waals surface area (Å²) >= 11 is 12.0. The van der Waals surface area contributed by atoms with E-state index in [2.05, 4.69) is 5.32 Å². The molecule has 20 heavy (non-hydrogen) atoms. The maximum Gasteiger partial charge on any atom is 0.305 e. The lowest BCUT2D eigenvalue weighted by Gasteiger charge is -2.42. The van der Waals surface area contributed by atoms with Crippen molar-refractivity contribution in [2.24, 2.45) is 0 Å². The summed E-state index contributed by atoms with van der Waals surface area (Å²) < 4.78 is 0. The number of rotatable bonds is 5. The highest BCUT2D eigenvalue weighted by molar-refractivity contribution is 6.39. The summed E-state index contributed by atoms with van der Waals surface area (Å²) in [5.74, 6) is -0.911. The van der Waals surface area contributed by atoms with Crippen LogP contribution in [0.5, 0.6) is 0 Å². The molecule has 2 rings (SSSR count). The van der Waals surface area contributed by atoms with Crippen molar-refractivity contribution in [1.29, 1.82) is 0 Å². The van der Waals surface area contributed by atoms with Crippen LogP contribution in [0.1, 0.15) is 25.7 Å². The molecule has 1 aromatic carbocycles. The van der Waals surface area contributed by atoms with Crippen LogP contribution in [0.4, 0.5) is 11.4 Å². The fourth-order valence-electron chi connectivity index (χ4n) is 2.29. The fraction of sp³-hybridized carbons (Fsp3) is 0.417. The van der Waals surface area contributed by atoms with Gasteiger partial charge in [0.25, 0.3) is 5.69 Å². The van der Waals surface area contributed by atoms with Crippen LogP contribution in [0.3, 0.4) is 0 Å². The molecule has 1 saturated carbocycles. The Balaban J connectivity index is 2.29. The summed E-state index contributed by atoms with van der Waals surface area (Å²) in [7, 11) is 0. The molecule has 1 aliphatic rings. The fourth-order valence-corrected chi connectivity index (χ4v) is 2.86. The number of carboxylic acid groups (broad SMARTS) is 1. The second-order valence-corrected chi connectivity index (χ2v) is 5.69. The normalized spacial score (nSPS) is 16.3. The Labute approximate surface area is 124 Å². The summed E-state index contributed by atoms with van der Waals surface area (Å²) in [6.45, 7) is 0. The molecule has 108 valence electrons. The van der Waals surface area contributed by atoms with E-state index in [9.17, 15) is 14.9 Å². The highest BCUT2D eigenvalue weighted by atomic mass is 35.5. The van der Waals surface area contributed by atoms with E-state index in [4.69, 9.17) is 28.3 Å². The number of hydrogen-bond acceptors (Lipinski definition) is 4. The van der Waals surface area contributed by atoms with Crippen LogP contribution in [0.15, 0.2) is 12.1 Å². The smallest absolute Gasteiger partial charge is 0.305 e. The van der Waals surface area contributed by atoms with Gasteiger partial charge in [-0.05, 0) is 19.3 Å². The van der Waals surface area contributed by atoms with Gasteiger partial charge in [0.15, 0.2) is 0 Å². The van der Waals surface area contributed by atoms with Crippen LogP contribution >= 0.6 is 23.2 Å². The number of halogens is 2. The minimum Gasteiger partial charge on any atom is -0.481 e. The van der Waals surface area contributed by atoms with Crippen molar-refractivity contribution in [2.45, 2.75) is 31.2 Å². The topological polar surface area (TPSA) is 92.5 Å². The molecule has 1 aliphatic carbocycles. The van der Waals surface area contributed by atoms with Gasteiger partial charge in [0.05, 0.1) is 27.1 Å². The maximum atomic E-state index is 10.9. The molecule has 1 aromatic rings. The number of carboxylic acids is 1. The molecule has 0 amide bonds. The van der Waals surface area contributed by atoms with Gasteiger partial charge in [-0.1, -0.05) is 23.2 Å². The summed E-state index contributed by atoms with van der Waals surface area (Å²) in [4.78, 5) is 21.0. The van der Waals surface area contributed by atoms with E-state index in [1.807, 2.05) is 0 Å². The number of aliphatic carboxylic acids is 1. The van der Waals surface area contributed by atoms with E-state index in [0.717, 1.165) is 6.42 Å². The summed E-state index contributed by atoms with van der Waals surface area (Å²) in [6.07, 6.45) is 2.27. The lowest BCUT2D eigenvalue weighted by Crippen LogP contribution is -2.46. The van der Waals surface area contributed by atoms with Crippen molar-refractivity contribution >= 4 is 40.5 Å². The van der Waals surface area contributed by atoms with Crippen LogP contribution in [0.25, 0.3) is 0 Å². The summed E-state index contributed by atoms with van der Waals surface area (Å²) in [6, 6.07) is 2.39. The molecule has 0 radical (unpaired) electrons. The average Bonchev–Trinajstić information content (AvgIpc) is 2.29. The average molecular weight is 319 g/mol. The van der Waals surface area contributed by atoms with Gasteiger partial charge in [0.2, 0.25) is 0 Å². The first-order valence-corrected chi connectivity index (χ1v) is 6.72. The zero-order chi connectivity index (χ0) is 14.9. The van der Waals surface area contributed by atoms with Gasteiger partial charge >= 0.3 is 5.97 Å². The predicted molar refractivity (Wildman–Crippen MR) is 75.6 cm³/mol. The maximum absolute atomic E-state index is 10.9. The Bertz CT molecular complexity index is 550. The van der Waals surface area contributed by atoms with Crippen molar-refractivity contribution in [3.05, 3.63) is 32.3 Å². The number of anilines is 1. The lowest BCUT2D eigenvalue weighted by atomic mass is 9.74. The highest BCUT2D eigenvalue weighted by Gasteiger charge is 2.40. The van der Waals surface area contributed by atoms with E-state index in [1.165, 1.54) is 12.1 Å². The molecule has 0 aromatic heterocycles. The van der Waals surface area contributed by atoms with E-state index < -0.39 is 16.4 Å². The quantitative estimate of drug-likeness (QED) is 0.637. The second-order valence-electron chi connectivity index (χ2n) is 4.87. The second kappa shape index (κ2) is 5.46. The zero-order valence-corrected chi connectivity index (χ0v) is 11.9. The molecule has 6 nitrogen and oxygen atoms in total. The number of nitrogens with zero attached hydrogens (tertiary/aromatic N) is 1. The number of benzene rings is 1. The van der Waals surface area contributed by atoms with Crippen molar-refractivity contribution in [1.82, 2.24) is 0 Å². The third-order valence-corrected chi connectivity index (χ3v) is 4.02. The summed E-state index contributed by atoms with van der Waals surface area (Å²) in [5, 5.41) is 22.9. The molecular weight excluding hydrogens is 307 g/mol. The minimum absolute atomic E-state index is 0.0450. The Morgan fingerprint density at radius 1 is 1.40 bits per heavy atom. The Morgan fingerprint density at radius 3 is 2.30 bits per heavy atom. The minimum atomic E-state index is -0.911. The number of nitro groups is 1. The number of nitrogens with one attached hydrogen (secondary N) is 1. The molecule has 0 heterocycles. The third kappa shape index (κ3) is 2.96. The van der Waals surface area contributed by atoms with Gasteiger partial charge in [-0.15, -0.1) is 0 Å². The molecule has 0 saturated heterocycles. The van der Waals surface area contributed by atoms with Crippen molar-refractivity contribution in [3.63, 3.8) is 0 Å². The van der Waals surface area contributed by atoms with Crippen molar-refractivity contribution < 1.29 is 14.8 Å². The first-order chi connectivity index (χ1) is 9.33. The van der Waals surface area contributed by atoms with Crippen LogP contribution in [0.2, 0.25) is 10.0 Å². The molecule has 0 bridgehead atoms. The molecular formula is C12H12Cl2N2O4. The first kappa shape index (κ1) is 14.9. The van der Waals surface area contributed by atoms with E-state index in [1.54, 1.807) is 0 Å². The monoisotopic (exact) mass is 318 g/mol. The number of hydrogen-bond donors (Lipinski definition) is 2. The van der Waals surface area contributed by atoms with E-state index in [-0.39, 0.29) is 22.2 Å². The number of nitro benzene ring substituents is 1. The summed E-state index contributed by atoms with van der Waals surface area (Å²) in [5.41, 5.74) is -0.429. The van der Waals surface area contributed by atoms with Gasteiger partial charge in [-0.2, -0.15) is 0 Å². The SMILES string of the molecule is O=C(O)CC1(Nc2c(Cl)cc([N+](=O)[O-])cc2Cl)CCC1. The van der Waals surface area contributed by atoms with E-state index in [0.29, 0.717) is 18.5 Å². The predicted octanol–water partition coefficient (Wildman–Crippen LogP) is 3.71. The Hall–Kier alpha value is -1.53. The molecule has 0 atom stereocenters. The van der Waals surface area contributed by atoms with E-state index >= 15 is 0 Å². The van der Waals surface area contributed by atoms with Gasteiger partial charge < -0.3 is 10.4 Å².